The van der Waals surface area contributed by atoms with Crippen LogP contribution in [0.25, 0.3) is 11.1 Å². The number of piperazine rings is 1. The molecule has 0 saturated carbocycles. The number of hydrogen-bond donors (Lipinski definition) is 0. The standard InChI is InChI=1S/C25H31ClN2O3.2ClH/c1-2-31-25(29)20-30-18-4-3-13-27-14-16-28(17-15-27)19-21-5-7-22(8-6-21)23-9-11-24(26)12-10-23;;/h3-12H,2,13-20H2,1H3;2*1H/b4-3-;;. The van der Waals surface area contributed by atoms with Gasteiger partial charge in [0.2, 0.25) is 0 Å². The highest BCUT2D eigenvalue weighted by molar-refractivity contribution is 6.30. The van der Waals surface area contributed by atoms with Gasteiger partial charge < -0.3 is 9.47 Å². The van der Waals surface area contributed by atoms with Gasteiger partial charge in [-0.25, -0.2) is 4.79 Å². The molecule has 2 aromatic carbocycles. The molecule has 0 aliphatic carbocycles. The maximum absolute atomic E-state index is 11.2. The Kier molecular flexibility index (Phi) is 14.4. The molecule has 182 valence electrons. The number of halogens is 3. The lowest BCUT2D eigenvalue weighted by Gasteiger charge is -2.34. The van der Waals surface area contributed by atoms with Crippen LogP contribution in [-0.4, -0.2) is 68.3 Å². The normalized spacial score (nSPS) is 14.5. The Bertz CT molecular complexity index is 837. The molecule has 33 heavy (non-hydrogen) atoms. The maximum Gasteiger partial charge on any atom is 0.332 e. The van der Waals surface area contributed by atoms with E-state index in [4.69, 9.17) is 21.1 Å². The van der Waals surface area contributed by atoms with E-state index >= 15 is 0 Å². The van der Waals surface area contributed by atoms with Crippen molar-refractivity contribution in [3.8, 4) is 11.1 Å². The topological polar surface area (TPSA) is 42.0 Å². The average molecular weight is 516 g/mol. The summed E-state index contributed by atoms with van der Waals surface area (Å²) in [4.78, 5) is 16.1. The number of carbonyl (C=O) groups excluding carboxylic acids is 1. The second-order valence-electron chi connectivity index (χ2n) is 7.57. The van der Waals surface area contributed by atoms with Crippen LogP contribution in [0.5, 0.6) is 0 Å². The van der Waals surface area contributed by atoms with Gasteiger partial charge in [-0.05, 0) is 35.7 Å². The summed E-state index contributed by atoms with van der Waals surface area (Å²) < 4.78 is 10.1. The zero-order chi connectivity index (χ0) is 21.9. The average Bonchev–Trinajstić information content (AvgIpc) is 2.78. The van der Waals surface area contributed by atoms with E-state index in [0.717, 1.165) is 44.3 Å². The molecule has 2 aromatic rings. The second-order valence-corrected chi connectivity index (χ2v) is 8.01. The van der Waals surface area contributed by atoms with Gasteiger partial charge in [-0.3, -0.25) is 9.80 Å². The molecule has 0 atom stereocenters. The van der Waals surface area contributed by atoms with Crippen molar-refractivity contribution in [2.24, 2.45) is 0 Å². The van der Waals surface area contributed by atoms with Crippen molar-refractivity contribution in [3.05, 3.63) is 71.3 Å². The number of benzene rings is 2. The molecule has 1 aliphatic heterocycles. The first-order valence-corrected chi connectivity index (χ1v) is 11.2. The molecule has 1 heterocycles. The Balaban J connectivity index is 0.00000272. The lowest BCUT2D eigenvalue weighted by atomic mass is 10.0. The smallest absolute Gasteiger partial charge is 0.332 e. The predicted molar refractivity (Wildman–Crippen MR) is 140 cm³/mol. The molecule has 0 N–H and O–H groups in total. The molecule has 1 fully saturated rings. The minimum Gasteiger partial charge on any atom is -0.464 e. The summed E-state index contributed by atoms with van der Waals surface area (Å²) in [5.74, 6) is -0.313. The lowest BCUT2D eigenvalue weighted by Crippen LogP contribution is -2.45. The van der Waals surface area contributed by atoms with Crippen LogP contribution in [0.2, 0.25) is 5.02 Å². The third-order valence-corrected chi connectivity index (χ3v) is 5.52. The molecule has 3 rings (SSSR count). The Morgan fingerprint density at radius 1 is 0.909 bits per heavy atom. The summed E-state index contributed by atoms with van der Waals surface area (Å²) in [5.41, 5.74) is 3.73. The van der Waals surface area contributed by atoms with Crippen LogP contribution in [0.1, 0.15) is 12.5 Å². The SMILES string of the molecule is CCOC(=O)COC/C=C\CN1CCN(Cc2ccc(-c3ccc(Cl)cc3)cc2)CC1.Cl.Cl. The van der Waals surface area contributed by atoms with Crippen molar-refractivity contribution in [3.63, 3.8) is 0 Å². The molecule has 0 spiro atoms. The highest BCUT2D eigenvalue weighted by Crippen LogP contribution is 2.22. The van der Waals surface area contributed by atoms with Crippen LogP contribution in [-0.2, 0) is 20.8 Å². The van der Waals surface area contributed by atoms with Gasteiger partial charge in [0.25, 0.3) is 0 Å². The summed E-state index contributed by atoms with van der Waals surface area (Å²) in [6.45, 7) is 8.74. The van der Waals surface area contributed by atoms with E-state index in [2.05, 4.69) is 52.3 Å². The largest absolute Gasteiger partial charge is 0.464 e. The Morgan fingerprint density at radius 2 is 1.48 bits per heavy atom. The highest BCUT2D eigenvalue weighted by atomic mass is 35.5. The lowest BCUT2D eigenvalue weighted by molar-refractivity contribution is -0.147. The minimum atomic E-state index is -0.313. The maximum atomic E-state index is 11.2. The summed E-state index contributed by atoms with van der Waals surface area (Å²) in [6.07, 6.45) is 4.07. The van der Waals surface area contributed by atoms with Crippen LogP contribution < -0.4 is 0 Å². The quantitative estimate of drug-likeness (QED) is 0.250. The van der Waals surface area contributed by atoms with E-state index in [0.29, 0.717) is 13.2 Å². The number of ether oxygens (including phenoxy) is 2. The van der Waals surface area contributed by atoms with Crippen LogP contribution in [0.15, 0.2) is 60.7 Å². The first-order valence-electron chi connectivity index (χ1n) is 10.8. The second kappa shape index (κ2) is 16.1. The Hall–Kier alpha value is -1.60. The van der Waals surface area contributed by atoms with Gasteiger partial charge >= 0.3 is 5.97 Å². The molecule has 8 heteroatoms. The van der Waals surface area contributed by atoms with E-state index in [9.17, 15) is 4.79 Å². The first kappa shape index (κ1) is 29.4. The Morgan fingerprint density at radius 3 is 2.09 bits per heavy atom. The van der Waals surface area contributed by atoms with Crippen LogP contribution >= 0.6 is 36.4 Å². The van der Waals surface area contributed by atoms with Crippen molar-refractivity contribution in [1.29, 1.82) is 0 Å². The van der Waals surface area contributed by atoms with E-state index in [1.807, 2.05) is 18.2 Å². The number of nitrogens with zero attached hydrogens (tertiary/aromatic N) is 2. The monoisotopic (exact) mass is 514 g/mol. The zero-order valence-corrected chi connectivity index (χ0v) is 21.3. The third-order valence-electron chi connectivity index (χ3n) is 5.27. The summed E-state index contributed by atoms with van der Waals surface area (Å²) >= 11 is 5.98. The molecule has 0 unspecified atom stereocenters. The summed E-state index contributed by atoms with van der Waals surface area (Å²) in [7, 11) is 0. The summed E-state index contributed by atoms with van der Waals surface area (Å²) in [5, 5.41) is 0.761. The molecule has 1 aliphatic rings. The predicted octanol–water partition coefficient (Wildman–Crippen LogP) is 5.10. The van der Waals surface area contributed by atoms with E-state index in [1.54, 1.807) is 6.92 Å². The highest BCUT2D eigenvalue weighted by Gasteiger charge is 2.16. The zero-order valence-electron chi connectivity index (χ0n) is 19.0. The Labute approximate surface area is 214 Å². The third kappa shape index (κ3) is 10.5. The van der Waals surface area contributed by atoms with Crippen molar-refractivity contribution < 1.29 is 14.3 Å². The number of rotatable bonds is 10. The molecular formula is C25H33Cl3N2O3. The molecule has 5 nitrogen and oxygen atoms in total. The summed E-state index contributed by atoms with van der Waals surface area (Å²) in [6, 6.07) is 16.8. The van der Waals surface area contributed by atoms with Gasteiger partial charge in [0, 0.05) is 44.3 Å². The van der Waals surface area contributed by atoms with Gasteiger partial charge in [-0.1, -0.05) is 60.2 Å². The fraction of sp³-hybridized carbons (Fsp3) is 0.400. The van der Waals surface area contributed by atoms with Crippen molar-refractivity contribution in [2.45, 2.75) is 13.5 Å². The molecule has 0 aromatic heterocycles. The molecular weight excluding hydrogens is 483 g/mol. The number of esters is 1. The van der Waals surface area contributed by atoms with Gasteiger partial charge in [0.05, 0.1) is 13.2 Å². The number of hydrogen-bond acceptors (Lipinski definition) is 5. The van der Waals surface area contributed by atoms with E-state index in [-0.39, 0.29) is 37.4 Å². The molecule has 0 bridgehead atoms. The van der Waals surface area contributed by atoms with Gasteiger partial charge in [0.15, 0.2) is 0 Å². The van der Waals surface area contributed by atoms with Crippen LogP contribution in [0, 0.1) is 0 Å². The van der Waals surface area contributed by atoms with Gasteiger partial charge in [-0.15, -0.1) is 24.8 Å². The van der Waals surface area contributed by atoms with Gasteiger partial charge in [-0.2, -0.15) is 0 Å². The molecule has 0 amide bonds. The fourth-order valence-corrected chi connectivity index (χ4v) is 3.66. The van der Waals surface area contributed by atoms with Crippen molar-refractivity contribution in [2.75, 3.05) is 52.5 Å². The van der Waals surface area contributed by atoms with Crippen LogP contribution in [0.3, 0.4) is 0 Å². The van der Waals surface area contributed by atoms with E-state index < -0.39 is 0 Å². The van der Waals surface area contributed by atoms with Crippen molar-refractivity contribution >= 4 is 42.4 Å². The van der Waals surface area contributed by atoms with Crippen LogP contribution in [0.4, 0.5) is 0 Å². The molecule has 1 saturated heterocycles. The van der Waals surface area contributed by atoms with Crippen molar-refractivity contribution in [1.82, 2.24) is 9.80 Å². The van der Waals surface area contributed by atoms with Gasteiger partial charge in [0.1, 0.15) is 6.61 Å². The first-order chi connectivity index (χ1) is 15.1. The molecule has 0 radical (unpaired) electrons. The fourth-order valence-electron chi connectivity index (χ4n) is 3.54. The minimum absolute atomic E-state index is 0. The number of carbonyl (C=O) groups is 1. The van der Waals surface area contributed by atoms with E-state index in [1.165, 1.54) is 16.7 Å².